The number of nitrogens with zero attached hydrogens (tertiary/aromatic N) is 2. The fourth-order valence-corrected chi connectivity index (χ4v) is 2.62. The molecule has 3 rings (SSSR count). The third kappa shape index (κ3) is 3.01. The molecular weight excluding hydrogens is 328 g/mol. The maximum atomic E-state index is 12.4. The van der Waals surface area contributed by atoms with Crippen LogP contribution in [-0.2, 0) is 0 Å². The van der Waals surface area contributed by atoms with E-state index in [1.54, 1.807) is 24.3 Å². The van der Waals surface area contributed by atoms with Crippen LogP contribution in [0.2, 0.25) is 0 Å². The van der Waals surface area contributed by atoms with E-state index < -0.39 is 16.7 Å². The number of benzene rings is 2. The average molecular weight is 342 g/mol. The predicted molar refractivity (Wildman–Crippen MR) is 87.0 cm³/mol. The smallest absolute Gasteiger partial charge is 0.282 e. The van der Waals surface area contributed by atoms with Gasteiger partial charge in [0.1, 0.15) is 23.7 Å². The second-order valence-electron chi connectivity index (χ2n) is 5.25. The van der Waals surface area contributed by atoms with Gasteiger partial charge in [0.2, 0.25) is 0 Å². The highest BCUT2D eigenvalue weighted by molar-refractivity contribution is 6.23. The summed E-state index contributed by atoms with van der Waals surface area (Å²) in [6.07, 6.45) is 0. The Morgan fingerprint density at radius 2 is 1.80 bits per heavy atom. The lowest BCUT2D eigenvalue weighted by Gasteiger charge is -2.14. The van der Waals surface area contributed by atoms with Crippen molar-refractivity contribution in [2.24, 2.45) is 0 Å². The second-order valence-corrected chi connectivity index (χ2v) is 5.25. The number of amides is 2. The van der Waals surface area contributed by atoms with Gasteiger partial charge in [0, 0.05) is 12.1 Å². The number of carbonyl (C=O) groups is 2. The molecule has 2 amide bonds. The largest absolute Gasteiger partial charge is 0.497 e. The predicted octanol–water partition coefficient (Wildman–Crippen LogP) is 2.28. The number of nitro benzene ring substituents is 1. The van der Waals surface area contributed by atoms with E-state index in [0.717, 1.165) is 4.90 Å². The van der Waals surface area contributed by atoms with Crippen LogP contribution in [0.5, 0.6) is 11.5 Å². The van der Waals surface area contributed by atoms with Gasteiger partial charge in [-0.1, -0.05) is 12.1 Å². The Morgan fingerprint density at radius 3 is 2.52 bits per heavy atom. The molecule has 0 aliphatic carbocycles. The van der Waals surface area contributed by atoms with Crippen LogP contribution in [0.25, 0.3) is 0 Å². The van der Waals surface area contributed by atoms with E-state index in [4.69, 9.17) is 9.47 Å². The monoisotopic (exact) mass is 342 g/mol. The van der Waals surface area contributed by atoms with Gasteiger partial charge in [0.15, 0.2) is 0 Å². The molecule has 0 fully saturated rings. The number of carbonyl (C=O) groups excluding carboxylic acids is 2. The Kier molecular flexibility index (Phi) is 4.34. The molecule has 0 bridgehead atoms. The molecule has 0 N–H and O–H groups in total. The lowest BCUT2D eigenvalue weighted by Crippen LogP contribution is -2.33. The minimum atomic E-state index is -0.679. The molecule has 0 saturated carbocycles. The van der Waals surface area contributed by atoms with Gasteiger partial charge in [-0.25, -0.2) is 0 Å². The summed E-state index contributed by atoms with van der Waals surface area (Å²) in [7, 11) is 1.53. The van der Waals surface area contributed by atoms with Crippen molar-refractivity contribution in [2.45, 2.75) is 0 Å². The Labute approximate surface area is 142 Å². The van der Waals surface area contributed by atoms with Crippen molar-refractivity contribution >= 4 is 17.5 Å². The molecule has 25 heavy (non-hydrogen) atoms. The molecule has 0 unspecified atom stereocenters. The zero-order valence-corrected chi connectivity index (χ0v) is 13.3. The first-order valence-corrected chi connectivity index (χ1v) is 7.43. The average Bonchev–Trinajstić information content (AvgIpc) is 2.86. The quantitative estimate of drug-likeness (QED) is 0.454. The van der Waals surface area contributed by atoms with Crippen molar-refractivity contribution in [3.05, 3.63) is 63.7 Å². The highest BCUT2D eigenvalue weighted by Crippen LogP contribution is 2.30. The third-order valence-corrected chi connectivity index (χ3v) is 3.80. The fourth-order valence-electron chi connectivity index (χ4n) is 2.62. The van der Waals surface area contributed by atoms with Gasteiger partial charge in [-0.3, -0.25) is 24.6 Å². The lowest BCUT2D eigenvalue weighted by molar-refractivity contribution is -0.385. The highest BCUT2D eigenvalue weighted by atomic mass is 16.6. The summed E-state index contributed by atoms with van der Waals surface area (Å²) >= 11 is 0. The Bertz CT molecular complexity index is 864. The first-order chi connectivity index (χ1) is 12.0. The van der Waals surface area contributed by atoms with Gasteiger partial charge < -0.3 is 9.47 Å². The molecule has 8 heteroatoms. The van der Waals surface area contributed by atoms with Crippen molar-refractivity contribution in [1.29, 1.82) is 0 Å². The SMILES string of the molecule is COc1cccc(OCCN2C(=O)c3cccc([N+](=O)[O-])c3C2=O)c1. The summed E-state index contributed by atoms with van der Waals surface area (Å²) in [5.74, 6) is -0.0877. The number of fused-ring (bicyclic) bond motifs is 1. The van der Waals surface area contributed by atoms with Crippen molar-refractivity contribution in [3.8, 4) is 11.5 Å². The van der Waals surface area contributed by atoms with Crippen LogP contribution >= 0.6 is 0 Å². The molecule has 0 spiro atoms. The Morgan fingerprint density at radius 1 is 1.08 bits per heavy atom. The minimum absolute atomic E-state index is 0.0132. The number of hydrogen-bond donors (Lipinski definition) is 0. The maximum Gasteiger partial charge on any atom is 0.282 e. The van der Waals surface area contributed by atoms with E-state index >= 15 is 0 Å². The van der Waals surface area contributed by atoms with Gasteiger partial charge in [-0.15, -0.1) is 0 Å². The first kappa shape index (κ1) is 16.4. The van der Waals surface area contributed by atoms with Gasteiger partial charge in [0.05, 0.1) is 24.1 Å². The highest BCUT2D eigenvalue weighted by Gasteiger charge is 2.40. The van der Waals surface area contributed by atoms with E-state index in [1.807, 2.05) is 0 Å². The van der Waals surface area contributed by atoms with E-state index in [2.05, 4.69) is 0 Å². The van der Waals surface area contributed by atoms with Crippen molar-refractivity contribution in [3.63, 3.8) is 0 Å². The Hall–Kier alpha value is -3.42. The molecule has 0 aromatic heterocycles. The number of methoxy groups -OCH3 is 1. The summed E-state index contributed by atoms with van der Waals surface area (Å²) in [6.45, 7) is 0.0488. The molecular formula is C17H14N2O6. The van der Waals surface area contributed by atoms with Crippen molar-refractivity contribution in [2.75, 3.05) is 20.3 Å². The molecule has 2 aromatic carbocycles. The zero-order chi connectivity index (χ0) is 18.0. The molecule has 0 radical (unpaired) electrons. The molecule has 0 atom stereocenters. The van der Waals surface area contributed by atoms with E-state index in [-0.39, 0.29) is 30.0 Å². The van der Waals surface area contributed by atoms with E-state index in [9.17, 15) is 19.7 Å². The van der Waals surface area contributed by atoms with Crippen molar-refractivity contribution in [1.82, 2.24) is 4.90 Å². The van der Waals surface area contributed by atoms with Gasteiger partial charge in [-0.2, -0.15) is 0 Å². The van der Waals surface area contributed by atoms with E-state index in [0.29, 0.717) is 11.5 Å². The summed E-state index contributed by atoms with van der Waals surface area (Å²) in [6, 6.07) is 10.9. The third-order valence-electron chi connectivity index (χ3n) is 3.80. The molecule has 8 nitrogen and oxygen atoms in total. The van der Waals surface area contributed by atoms with Crippen LogP contribution in [0.15, 0.2) is 42.5 Å². The standard InChI is InChI=1S/C17H14N2O6/c1-24-11-4-2-5-12(10-11)25-9-8-18-16(20)13-6-3-7-14(19(22)23)15(13)17(18)21/h2-7,10H,8-9H2,1H3. The fraction of sp³-hybridized carbons (Fsp3) is 0.176. The summed E-state index contributed by atoms with van der Waals surface area (Å²) in [5.41, 5.74) is -0.494. The van der Waals surface area contributed by atoms with Crippen LogP contribution in [0.3, 0.4) is 0 Å². The van der Waals surface area contributed by atoms with Crippen LogP contribution in [-0.4, -0.2) is 41.9 Å². The number of imide groups is 1. The van der Waals surface area contributed by atoms with Crippen LogP contribution in [0.1, 0.15) is 20.7 Å². The summed E-state index contributed by atoms with van der Waals surface area (Å²) in [4.78, 5) is 36.1. The van der Waals surface area contributed by atoms with Gasteiger partial charge in [0.25, 0.3) is 17.5 Å². The zero-order valence-electron chi connectivity index (χ0n) is 13.3. The van der Waals surface area contributed by atoms with Crippen LogP contribution < -0.4 is 9.47 Å². The second kappa shape index (κ2) is 6.60. The molecule has 128 valence electrons. The molecule has 2 aromatic rings. The Balaban J connectivity index is 1.72. The number of ether oxygens (including phenoxy) is 2. The molecule has 1 heterocycles. The normalized spacial score (nSPS) is 12.9. The summed E-state index contributed by atoms with van der Waals surface area (Å²) in [5, 5.41) is 11.1. The summed E-state index contributed by atoms with van der Waals surface area (Å²) < 4.78 is 10.6. The minimum Gasteiger partial charge on any atom is -0.497 e. The van der Waals surface area contributed by atoms with Gasteiger partial charge in [-0.05, 0) is 18.2 Å². The maximum absolute atomic E-state index is 12.4. The van der Waals surface area contributed by atoms with Crippen molar-refractivity contribution < 1.29 is 24.0 Å². The number of nitro groups is 1. The molecule has 0 saturated heterocycles. The van der Waals surface area contributed by atoms with E-state index in [1.165, 1.54) is 25.3 Å². The van der Waals surface area contributed by atoms with Gasteiger partial charge >= 0.3 is 0 Å². The number of hydrogen-bond acceptors (Lipinski definition) is 6. The molecule has 1 aliphatic heterocycles. The van der Waals surface area contributed by atoms with Crippen LogP contribution in [0, 0.1) is 10.1 Å². The first-order valence-electron chi connectivity index (χ1n) is 7.43. The lowest BCUT2D eigenvalue weighted by atomic mass is 10.1. The topological polar surface area (TPSA) is 99.0 Å². The number of rotatable bonds is 6. The molecule has 1 aliphatic rings. The van der Waals surface area contributed by atoms with Crippen LogP contribution in [0.4, 0.5) is 5.69 Å².